The van der Waals surface area contributed by atoms with Crippen molar-refractivity contribution in [1.29, 1.82) is 0 Å². The lowest BCUT2D eigenvalue weighted by Crippen LogP contribution is -2.37. The lowest BCUT2D eigenvalue weighted by Gasteiger charge is -2.23. The van der Waals surface area contributed by atoms with E-state index in [1.54, 1.807) is 25.3 Å². The molecule has 1 heterocycles. The van der Waals surface area contributed by atoms with Gasteiger partial charge in [0.25, 0.3) is 0 Å². The van der Waals surface area contributed by atoms with E-state index < -0.39 is 38.2 Å². The van der Waals surface area contributed by atoms with Crippen molar-refractivity contribution in [3.8, 4) is 0 Å². The third-order valence-corrected chi connectivity index (χ3v) is 7.92. The fourth-order valence-electron chi connectivity index (χ4n) is 2.67. The van der Waals surface area contributed by atoms with E-state index in [9.17, 15) is 18.0 Å². The zero-order chi connectivity index (χ0) is 17.9. The van der Waals surface area contributed by atoms with Gasteiger partial charge in [-0.3, -0.25) is 9.59 Å². The summed E-state index contributed by atoms with van der Waals surface area (Å²) in [7, 11) is -3.73. The Morgan fingerprint density at radius 1 is 1.38 bits per heavy atom. The molecular formula is C16H20O6S2. The molecule has 2 rings (SSSR count). The minimum atomic E-state index is -3.73. The molecule has 1 aromatic rings. The van der Waals surface area contributed by atoms with Crippen LogP contribution in [0.2, 0.25) is 0 Å². The number of benzene rings is 1. The Morgan fingerprint density at radius 2 is 2.00 bits per heavy atom. The molecule has 1 aromatic carbocycles. The molecule has 1 aliphatic heterocycles. The lowest BCUT2D eigenvalue weighted by atomic mass is 9.97. The van der Waals surface area contributed by atoms with Crippen molar-refractivity contribution in [1.82, 2.24) is 0 Å². The first-order valence-corrected chi connectivity index (χ1v) is 10.3. The van der Waals surface area contributed by atoms with Crippen LogP contribution in [0.15, 0.2) is 29.2 Å². The molecule has 1 saturated heterocycles. The van der Waals surface area contributed by atoms with Gasteiger partial charge in [0.1, 0.15) is 4.58 Å². The second kappa shape index (κ2) is 7.57. The molecule has 1 fully saturated rings. The fraction of sp³-hybridized carbons (Fsp3) is 0.500. The number of aryl methyl sites for hydroxylation is 1. The van der Waals surface area contributed by atoms with Gasteiger partial charge in [0.2, 0.25) is 0 Å². The molecule has 6 nitrogen and oxygen atoms in total. The molecule has 24 heavy (non-hydrogen) atoms. The first-order chi connectivity index (χ1) is 11.3. The van der Waals surface area contributed by atoms with Crippen LogP contribution in [0.4, 0.5) is 0 Å². The number of hydrogen-bond acceptors (Lipinski definition) is 7. The Hall–Kier alpha value is -1.54. The summed E-state index contributed by atoms with van der Waals surface area (Å²) in [6, 6.07) is 6.49. The molecule has 0 N–H and O–H groups in total. The van der Waals surface area contributed by atoms with Crippen molar-refractivity contribution in [2.24, 2.45) is 11.8 Å². The van der Waals surface area contributed by atoms with Crippen molar-refractivity contribution in [2.75, 3.05) is 19.5 Å². The maximum Gasteiger partial charge on any atom is 0.320 e. The van der Waals surface area contributed by atoms with Gasteiger partial charge in [0.15, 0.2) is 15.8 Å². The van der Waals surface area contributed by atoms with Crippen LogP contribution in [0.3, 0.4) is 0 Å². The van der Waals surface area contributed by atoms with Crippen LogP contribution in [-0.4, -0.2) is 44.4 Å². The first kappa shape index (κ1) is 18.8. The number of carbonyl (C=O) groups is 2. The molecule has 0 aromatic heterocycles. The highest BCUT2D eigenvalue weighted by atomic mass is 32.3. The van der Waals surface area contributed by atoms with E-state index in [2.05, 4.69) is 0 Å². The predicted molar refractivity (Wildman–Crippen MR) is 90.2 cm³/mol. The maximum absolute atomic E-state index is 13.0. The lowest BCUT2D eigenvalue weighted by molar-refractivity contribution is -0.156. The summed E-state index contributed by atoms with van der Waals surface area (Å²) in [6.45, 7) is 3.49. The van der Waals surface area contributed by atoms with Crippen molar-refractivity contribution in [3.63, 3.8) is 0 Å². The van der Waals surface area contributed by atoms with Gasteiger partial charge in [0.05, 0.1) is 18.1 Å². The van der Waals surface area contributed by atoms with Crippen molar-refractivity contribution in [3.05, 3.63) is 29.8 Å². The maximum atomic E-state index is 13.0. The van der Waals surface area contributed by atoms with E-state index in [0.29, 0.717) is 0 Å². The van der Waals surface area contributed by atoms with Gasteiger partial charge in [-0.2, -0.15) is 0 Å². The first-order valence-electron chi connectivity index (χ1n) is 7.49. The zero-order valence-corrected chi connectivity index (χ0v) is 15.4. The number of ether oxygens (including phenoxy) is 2. The number of thioether (sulfide) groups is 1. The third kappa shape index (κ3) is 3.59. The Morgan fingerprint density at radius 3 is 2.54 bits per heavy atom. The van der Waals surface area contributed by atoms with Gasteiger partial charge in [-0.25, -0.2) is 8.42 Å². The molecule has 0 aliphatic carbocycles. The highest BCUT2D eigenvalue weighted by Crippen LogP contribution is 2.37. The van der Waals surface area contributed by atoms with Gasteiger partial charge < -0.3 is 9.47 Å². The van der Waals surface area contributed by atoms with E-state index in [4.69, 9.17) is 9.47 Å². The van der Waals surface area contributed by atoms with E-state index in [0.717, 1.165) is 17.3 Å². The Labute approximate surface area is 145 Å². The van der Waals surface area contributed by atoms with Crippen LogP contribution in [0.1, 0.15) is 12.5 Å². The summed E-state index contributed by atoms with van der Waals surface area (Å²) in [5, 5.41) is 0. The van der Waals surface area contributed by atoms with Crippen LogP contribution in [0.25, 0.3) is 0 Å². The molecule has 0 bridgehead atoms. The average molecular weight is 372 g/mol. The van der Waals surface area contributed by atoms with Crippen LogP contribution in [0, 0.1) is 18.8 Å². The molecule has 0 radical (unpaired) electrons. The molecule has 0 amide bonds. The van der Waals surface area contributed by atoms with Gasteiger partial charge in [-0.15, -0.1) is 11.8 Å². The van der Waals surface area contributed by atoms with Gasteiger partial charge in [-0.05, 0) is 32.2 Å². The Balaban J connectivity index is 2.37. The number of cyclic esters (lactones) is 1. The van der Waals surface area contributed by atoms with Crippen molar-refractivity contribution < 1.29 is 27.5 Å². The normalized spacial score (nSPS) is 22.0. The Bertz CT molecular complexity index is 711. The molecule has 3 unspecified atom stereocenters. The van der Waals surface area contributed by atoms with Crippen molar-refractivity contribution >= 4 is 33.5 Å². The number of rotatable bonds is 6. The smallest absolute Gasteiger partial charge is 0.320 e. The summed E-state index contributed by atoms with van der Waals surface area (Å²) >= 11 is 1.09. The van der Waals surface area contributed by atoms with Gasteiger partial charge >= 0.3 is 11.9 Å². The summed E-state index contributed by atoms with van der Waals surface area (Å²) in [5.41, 5.74) is 0.943. The monoisotopic (exact) mass is 372 g/mol. The van der Waals surface area contributed by atoms with Crippen LogP contribution < -0.4 is 0 Å². The van der Waals surface area contributed by atoms with E-state index >= 15 is 0 Å². The molecule has 132 valence electrons. The van der Waals surface area contributed by atoms with Crippen LogP contribution in [-0.2, 0) is 28.9 Å². The topological polar surface area (TPSA) is 86.7 Å². The average Bonchev–Trinajstić information content (AvgIpc) is 2.90. The van der Waals surface area contributed by atoms with Gasteiger partial charge in [-0.1, -0.05) is 17.7 Å². The number of sulfone groups is 1. The van der Waals surface area contributed by atoms with Crippen LogP contribution in [0.5, 0.6) is 0 Å². The molecule has 8 heteroatoms. The molecule has 0 spiro atoms. The van der Waals surface area contributed by atoms with E-state index in [1.165, 1.54) is 12.1 Å². The standard InChI is InChI=1S/C16H20O6S2/c1-4-21-14(17)13-12(9-22-15(13)18)16(23-3)24(19,20)11-7-5-10(2)6-8-11/h5-8,12-13,16H,4,9H2,1-3H3. The third-order valence-electron chi connectivity index (χ3n) is 3.88. The highest BCUT2D eigenvalue weighted by Gasteiger charge is 2.51. The minimum Gasteiger partial charge on any atom is -0.465 e. The molecule has 0 saturated carbocycles. The predicted octanol–water partition coefficient (Wildman–Crippen LogP) is 1.81. The zero-order valence-electron chi connectivity index (χ0n) is 13.7. The van der Waals surface area contributed by atoms with Gasteiger partial charge in [0, 0.05) is 5.92 Å². The second-order valence-electron chi connectivity index (χ2n) is 5.49. The van der Waals surface area contributed by atoms with E-state index in [-0.39, 0.29) is 18.1 Å². The number of carbonyl (C=O) groups excluding carboxylic acids is 2. The minimum absolute atomic E-state index is 0.112. The highest BCUT2D eigenvalue weighted by molar-refractivity contribution is 8.13. The molecule has 3 atom stereocenters. The quantitative estimate of drug-likeness (QED) is 0.556. The summed E-state index contributed by atoms with van der Waals surface area (Å²) in [6.07, 6.45) is 1.64. The number of esters is 2. The van der Waals surface area contributed by atoms with Crippen molar-refractivity contribution in [2.45, 2.75) is 23.3 Å². The number of hydrogen-bond donors (Lipinski definition) is 0. The Kier molecular flexibility index (Phi) is 5.92. The van der Waals surface area contributed by atoms with Crippen LogP contribution >= 0.6 is 11.8 Å². The summed E-state index contributed by atoms with van der Waals surface area (Å²) in [5.74, 6) is -3.44. The fourth-order valence-corrected chi connectivity index (χ4v) is 6.08. The SMILES string of the molecule is CCOC(=O)C1C(=O)OCC1C(SC)S(=O)(=O)c1ccc(C)cc1. The molecule has 1 aliphatic rings. The largest absolute Gasteiger partial charge is 0.465 e. The second-order valence-corrected chi connectivity index (χ2v) is 8.83. The van der Waals surface area contributed by atoms with E-state index in [1.807, 2.05) is 6.92 Å². The summed E-state index contributed by atoms with van der Waals surface area (Å²) < 4.78 is 34.8. The summed E-state index contributed by atoms with van der Waals surface area (Å²) in [4.78, 5) is 24.1. The molecular weight excluding hydrogens is 352 g/mol.